The van der Waals surface area contributed by atoms with Crippen molar-refractivity contribution in [2.24, 2.45) is 0 Å². The van der Waals surface area contributed by atoms with Crippen LogP contribution in [0.4, 0.5) is 0 Å². The Morgan fingerprint density at radius 1 is 1.33 bits per heavy atom. The van der Waals surface area contributed by atoms with E-state index in [1.165, 1.54) is 7.11 Å². The standard InChI is InChI=1S/C10H21NO4/c1-11(6-8-15-9-7-12)5-3-4-10(13)14-2/h12H,3-9H2,1-2H3. The van der Waals surface area contributed by atoms with Gasteiger partial charge in [0, 0.05) is 13.0 Å². The highest BCUT2D eigenvalue weighted by atomic mass is 16.5. The summed E-state index contributed by atoms with van der Waals surface area (Å²) in [5, 5.41) is 8.47. The third-order valence-corrected chi connectivity index (χ3v) is 2.00. The zero-order valence-electron chi connectivity index (χ0n) is 9.57. The highest BCUT2D eigenvalue weighted by Crippen LogP contribution is 1.94. The van der Waals surface area contributed by atoms with Crippen LogP contribution in [-0.4, -0.2) is 63.0 Å². The monoisotopic (exact) mass is 219 g/mol. The van der Waals surface area contributed by atoms with Crippen molar-refractivity contribution in [1.29, 1.82) is 0 Å². The van der Waals surface area contributed by atoms with Gasteiger partial charge in [-0.25, -0.2) is 0 Å². The highest BCUT2D eigenvalue weighted by molar-refractivity contribution is 5.69. The van der Waals surface area contributed by atoms with Crippen LogP contribution in [0.15, 0.2) is 0 Å². The van der Waals surface area contributed by atoms with Crippen molar-refractivity contribution in [3.63, 3.8) is 0 Å². The van der Waals surface area contributed by atoms with Gasteiger partial charge >= 0.3 is 5.97 Å². The summed E-state index contributed by atoms with van der Waals surface area (Å²) in [5.74, 6) is -0.167. The maximum atomic E-state index is 10.8. The molecule has 0 saturated heterocycles. The largest absolute Gasteiger partial charge is 0.469 e. The number of methoxy groups -OCH3 is 1. The van der Waals surface area contributed by atoms with Crippen LogP contribution in [0.5, 0.6) is 0 Å². The second kappa shape index (κ2) is 9.89. The molecule has 0 aliphatic carbocycles. The lowest BCUT2D eigenvalue weighted by atomic mass is 10.3. The molecule has 0 atom stereocenters. The van der Waals surface area contributed by atoms with Crippen LogP contribution in [0.25, 0.3) is 0 Å². The molecular weight excluding hydrogens is 198 g/mol. The molecule has 0 saturated carbocycles. The summed E-state index contributed by atoms with van der Waals surface area (Å²) < 4.78 is 9.65. The number of aliphatic hydroxyl groups excluding tert-OH is 1. The first-order valence-corrected chi connectivity index (χ1v) is 5.14. The molecule has 0 amide bonds. The van der Waals surface area contributed by atoms with E-state index >= 15 is 0 Å². The van der Waals surface area contributed by atoms with Crippen LogP contribution in [0.1, 0.15) is 12.8 Å². The number of rotatable bonds is 9. The molecule has 0 aromatic rings. The molecule has 0 heterocycles. The fourth-order valence-corrected chi connectivity index (χ4v) is 1.09. The Morgan fingerprint density at radius 3 is 2.67 bits per heavy atom. The SMILES string of the molecule is COC(=O)CCCN(C)CCOCCO. The average Bonchev–Trinajstić information content (AvgIpc) is 2.24. The van der Waals surface area contributed by atoms with E-state index < -0.39 is 0 Å². The minimum absolute atomic E-state index is 0.0616. The molecule has 0 unspecified atom stereocenters. The summed E-state index contributed by atoms with van der Waals surface area (Å²) in [5.41, 5.74) is 0. The maximum Gasteiger partial charge on any atom is 0.305 e. The number of aliphatic hydroxyl groups is 1. The molecule has 0 aromatic carbocycles. The van der Waals surface area contributed by atoms with E-state index in [0.717, 1.165) is 19.5 Å². The van der Waals surface area contributed by atoms with Crippen molar-refractivity contribution in [2.45, 2.75) is 12.8 Å². The van der Waals surface area contributed by atoms with Crippen LogP contribution < -0.4 is 0 Å². The zero-order valence-corrected chi connectivity index (χ0v) is 9.57. The molecule has 1 N–H and O–H groups in total. The Bertz CT molecular complexity index is 164. The molecule has 0 spiro atoms. The quantitative estimate of drug-likeness (QED) is 0.433. The molecule has 0 radical (unpaired) electrons. The summed E-state index contributed by atoms with van der Waals surface area (Å²) in [4.78, 5) is 12.9. The second-order valence-corrected chi connectivity index (χ2v) is 3.32. The highest BCUT2D eigenvalue weighted by Gasteiger charge is 2.02. The van der Waals surface area contributed by atoms with Gasteiger partial charge in [0.25, 0.3) is 0 Å². The van der Waals surface area contributed by atoms with Gasteiger partial charge in [-0.15, -0.1) is 0 Å². The van der Waals surface area contributed by atoms with E-state index in [1.54, 1.807) is 0 Å². The minimum atomic E-state index is -0.167. The van der Waals surface area contributed by atoms with Gasteiger partial charge < -0.3 is 19.5 Å². The van der Waals surface area contributed by atoms with Crippen molar-refractivity contribution < 1.29 is 19.4 Å². The van der Waals surface area contributed by atoms with Crippen molar-refractivity contribution in [3.05, 3.63) is 0 Å². The van der Waals surface area contributed by atoms with Gasteiger partial charge in [-0.1, -0.05) is 0 Å². The lowest BCUT2D eigenvalue weighted by Crippen LogP contribution is -2.25. The number of carbonyl (C=O) groups is 1. The van der Waals surface area contributed by atoms with Gasteiger partial charge in [-0.05, 0) is 20.0 Å². The first-order valence-electron chi connectivity index (χ1n) is 5.14. The Hall–Kier alpha value is -0.650. The van der Waals surface area contributed by atoms with E-state index in [9.17, 15) is 4.79 Å². The maximum absolute atomic E-state index is 10.8. The number of ether oxygens (including phenoxy) is 2. The first-order chi connectivity index (χ1) is 7.20. The normalized spacial score (nSPS) is 10.7. The number of hydrogen-bond donors (Lipinski definition) is 1. The molecular formula is C10H21NO4. The van der Waals surface area contributed by atoms with E-state index in [1.807, 2.05) is 7.05 Å². The number of esters is 1. The fourth-order valence-electron chi connectivity index (χ4n) is 1.09. The third-order valence-electron chi connectivity index (χ3n) is 2.00. The van der Waals surface area contributed by atoms with E-state index in [0.29, 0.717) is 19.6 Å². The van der Waals surface area contributed by atoms with Gasteiger partial charge in [0.05, 0.1) is 26.9 Å². The van der Waals surface area contributed by atoms with Crippen molar-refractivity contribution in [1.82, 2.24) is 4.90 Å². The predicted molar refractivity (Wildman–Crippen MR) is 56.7 cm³/mol. The summed E-state index contributed by atoms with van der Waals surface area (Å²) in [6, 6.07) is 0. The van der Waals surface area contributed by atoms with E-state index in [2.05, 4.69) is 9.64 Å². The first kappa shape index (κ1) is 14.3. The Morgan fingerprint density at radius 2 is 2.07 bits per heavy atom. The summed E-state index contributed by atoms with van der Waals surface area (Å²) in [6.07, 6.45) is 1.25. The Kier molecular flexibility index (Phi) is 9.46. The number of nitrogens with zero attached hydrogens (tertiary/aromatic N) is 1. The molecule has 15 heavy (non-hydrogen) atoms. The Labute approximate surface area is 91.0 Å². The smallest absolute Gasteiger partial charge is 0.305 e. The van der Waals surface area contributed by atoms with Crippen molar-refractivity contribution in [3.8, 4) is 0 Å². The van der Waals surface area contributed by atoms with Crippen LogP contribution >= 0.6 is 0 Å². The van der Waals surface area contributed by atoms with Gasteiger partial charge in [0.15, 0.2) is 0 Å². The van der Waals surface area contributed by atoms with Crippen LogP contribution in [0, 0.1) is 0 Å². The van der Waals surface area contributed by atoms with Gasteiger partial charge in [-0.2, -0.15) is 0 Å². The molecule has 5 heteroatoms. The van der Waals surface area contributed by atoms with E-state index in [-0.39, 0.29) is 12.6 Å². The summed E-state index contributed by atoms with van der Waals surface area (Å²) >= 11 is 0. The van der Waals surface area contributed by atoms with Gasteiger partial charge in [0.2, 0.25) is 0 Å². The van der Waals surface area contributed by atoms with E-state index in [4.69, 9.17) is 9.84 Å². The predicted octanol–water partition coefficient (Wildman–Crippen LogP) is -0.120. The lowest BCUT2D eigenvalue weighted by Gasteiger charge is -2.15. The molecule has 0 rings (SSSR count). The topological polar surface area (TPSA) is 59.0 Å². The van der Waals surface area contributed by atoms with Crippen LogP contribution in [-0.2, 0) is 14.3 Å². The Balaban J connectivity index is 3.25. The molecule has 0 aliphatic heterocycles. The molecule has 0 fully saturated rings. The molecule has 0 bridgehead atoms. The second-order valence-electron chi connectivity index (χ2n) is 3.32. The van der Waals surface area contributed by atoms with Crippen molar-refractivity contribution >= 4 is 5.97 Å². The molecule has 0 aliphatic rings. The number of carbonyl (C=O) groups excluding carboxylic acids is 1. The average molecular weight is 219 g/mol. The molecule has 5 nitrogen and oxygen atoms in total. The summed E-state index contributed by atoms with van der Waals surface area (Å²) in [7, 11) is 3.37. The number of hydrogen-bond acceptors (Lipinski definition) is 5. The summed E-state index contributed by atoms with van der Waals surface area (Å²) in [6.45, 7) is 2.70. The van der Waals surface area contributed by atoms with Crippen LogP contribution in [0.2, 0.25) is 0 Å². The fraction of sp³-hybridized carbons (Fsp3) is 0.900. The van der Waals surface area contributed by atoms with Crippen molar-refractivity contribution in [2.75, 3.05) is 47.1 Å². The lowest BCUT2D eigenvalue weighted by molar-refractivity contribution is -0.140. The van der Waals surface area contributed by atoms with Gasteiger partial charge in [0.1, 0.15) is 0 Å². The third kappa shape index (κ3) is 9.65. The molecule has 0 aromatic heterocycles. The van der Waals surface area contributed by atoms with Gasteiger partial charge in [-0.3, -0.25) is 4.79 Å². The molecule has 90 valence electrons. The zero-order chi connectivity index (χ0) is 11.5. The van der Waals surface area contributed by atoms with Crippen LogP contribution in [0.3, 0.4) is 0 Å². The number of likely N-dealkylation sites (N-methyl/N-ethyl adjacent to an activating group) is 1. The minimum Gasteiger partial charge on any atom is -0.469 e.